The Morgan fingerprint density at radius 2 is 1.96 bits per heavy atom. The molecule has 2 heterocycles. The molecule has 7 nitrogen and oxygen atoms in total. The molecule has 0 bridgehead atoms. The molecule has 1 aliphatic heterocycles. The monoisotopic (exact) mass is 402 g/mol. The Morgan fingerprint density at radius 1 is 1.21 bits per heavy atom. The minimum Gasteiger partial charge on any atom is -0.325 e. The van der Waals surface area contributed by atoms with Crippen LogP contribution in [-0.2, 0) is 14.6 Å². The lowest BCUT2D eigenvalue weighted by Crippen LogP contribution is -2.50. The summed E-state index contributed by atoms with van der Waals surface area (Å²) in [6.07, 6.45) is 1.32. The second-order valence-corrected chi connectivity index (χ2v) is 9.31. The first-order chi connectivity index (χ1) is 13.3. The van der Waals surface area contributed by atoms with E-state index in [9.17, 15) is 17.6 Å². The fourth-order valence-electron chi connectivity index (χ4n) is 3.51. The van der Waals surface area contributed by atoms with Gasteiger partial charge in [-0.2, -0.15) is 5.10 Å². The molecule has 4 rings (SSSR count). The van der Waals surface area contributed by atoms with Crippen LogP contribution in [0.3, 0.4) is 0 Å². The highest BCUT2D eigenvalue weighted by atomic mass is 32.2. The summed E-state index contributed by atoms with van der Waals surface area (Å²) >= 11 is 0. The van der Waals surface area contributed by atoms with Crippen LogP contribution in [0.15, 0.2) is 42.5 Å². The van der Waals surface area contributed by atoms with Crippen molar-refractivity contribution in [1.82, 2.24) is 15.5 Å². The molecule has 1 aliphatic rings. The van der Waals surface area contributed by atoms with E-state index in [0.29, 0.717) is 17.9 Å². The molecule has 1 saturated heterocycles. The largest absolute Gasteiger partial charge is 0.325 e. The van der Waals surface area contributed by atoms with Crippen molar-refractivity contribution in [1.29, 1.82) is 0 Å². The summed E-state index contributed by atoms with van der Waals surface area (Å²) in [6.45, 7) is 0.558. The molecule has 1 amide bonds. The molecule has 0 radical (unpaired) electrons. The molecule has 3 aromatic rings. The number of hydrogen-bond acceptors (Lipinski definition) is 5. The molecule has 0 aliphatic carbocycles. The number of aromatic amines is 1. The number of carbonyl (C=O) groups is 1. The van der Waals surface area contributed by atoms with Gasteiger partial charge in [-0.1, -0.05) is 0 Å². The van der Waals surface area contributed by atoms with Crippen molar-refractivity contribution in [2.45, 2.75) is 11.2 Å². The Kier molecular flexibility index (Phi) is 4.43. The molecule has 1 aromatic heterocycles. The number of halogens is 1. The quantitative estimate of drug-likeness (QED) is 0.620. The molecule has 0 spiro atoms. The first-order valence-electron chi connectivity index (χ1n) is 8.76. The van der Waals surface area contributed by atoms with Crippen molar-refractivity contribution in [3.05, 3.63) is 48.3 Å². The van der Waals surface area contributed by atoms with Gasteiger partial charge in [0.05, 0.1) is 11.2 Å². The maximum absolute atomic E-state index is 13.2. The van der Waals surface area contributed by atoms with Gasteiger partial charge < -0.3 is 10.6 Å². The highest BCUT2D eigenvalue weighted by molar-refractivity contribution is 7.93. The molecule has 0 saturated carbocycles. The van der Waals surface area contributed by atoms with Gasteiger partial charge in [0.15, 0.2) is 14.6 Å². The van der Waals surface area contributed by atoms with Crippen molar-refractivity contribution in [3.8, 4) is 11.3 Å². The van der Waals surface area contributed by atoms with E-state index in [0.717, 1.165) is 22.7 Å². The predicted octanol–water partition coefficient (Wildman–Crippen LogP) is 2.08. The summed E-state index contributed by atoms with van der Waals surface area (Å²) in [5, 5.41) is 13.6. The van der Waals surface area contributed by atoms with Crippen LogP contribution in [0.2, 0.25) is 0 Å². The third-order valence-electron chi connectivity index (χ3n) is 5.18. The average Bonchev–Trinajstić information content (AvgIpc) is 3.30. The van der Waals surface area contributed by atoms with Crippen LogP contribution < -0.4 is 10.6 Å². The molecular formula is C19H19FN4O3S. The molecule has 2 aromatic carbocycles. The van der Waals surface area contributed by atoms with E-state index in [1.165, 1.54) is 12.1 Å². The number of fused-ring (bicyclic) bond motifs is 1. The summed E-state index contributed by atoms with van der Waals surface area (Å²) < 4.78 is 36.3. The van der Waals surface area contributed by atoms with Crippen LogP contribution in [0.25, 0.3) is 22.2 Å². The molecule has 1 fully saturated rings. The van der Waals surface area contributed by atoms with E-state index in [1.54, 1.807) is 30.3 Å². The van der Waals surface area contributed by atoms with Crippen LogP contribution in [0.5, 0.6) is 0 Å². The van der Waals surface area contributed by atoms with Gasteiger partial charge in [-0.05, 0) is 55.4 Å². The smallest absolute Gasteiger partial charge is 0.247 e. The van der Waals surface area contributed by atoms with E-state index in [1.807, 2.05) is 0 Å². The Bertz CT molecular complexity index is 1150. The molecular weight excluding hydrogens is 383 g/mol. The summed E-state index contributed by atoms with van der Waals surface area (Å²) in [5.74, 6) is -0.890. The van der Waals surface area contributed by atoms with Crippen LogP contribution >= 0.6 is 0 Å². The van der Waals surface area contributed by atoms with Crippen LogP contribution in [0.1, 0.15) is 6.42 Å². The van der Waals surface area contributed by atoms with Gasteiger partial charge in [0.25, 0.3) is 0 Å². The third kappa shape index (κ3) is 3.06. The number of benzene rings is 2. The van der Waals surface area contributed by atoms with Gasteiger partial charge in [0, 0.05) is 29.4 Å². The SMILES string of the molecule is CS(=O)(=O)[C@@]1(C(=O)Nc2ccc3[nH]nc(-c4ccc(F)cc4)c3c2)CCNC1. The zero-order chi connectivity index (χ0) is 19.9. The van der Waals surface area contributed by atoms with Gasteiger partial charge in [0.2, 0.25) is 5.91 Å². The van der Waals surface area contributed by atoms with E-state index < -0.39 is 20.5 Å². The fourth-order valence-corrected chi connectivity index (χ4v) is 4.74. The highest BCUT2D eigenvalue weighted by Gasteiger charge is 2.50. The number of hydrogen-bond donors (Lipinski definition) is 3. The maximum Gasteiger partial charge on any atom is 0.247 e. The first-order valence-corrected chi connectivity index (χ1v) is 10.7. The molecule has 28 heavy (non-hydrogen) atoms. The number of nitrogens with one attached hydrogen (secondary N) is 3. The summed E-state index contributed by atoms with van der Waals surface area (Å²) in [4.78, 5) is 12.9. The van der Waals surface area contributed by atoms with Crippen molar-refractivity contribution in [3.63, 3.8) is 0 Å². The number of rotatable bonds is 4. The van der Waals surface area contributed by atoms with E-state index >= 15 is 0 Å². The molecule has 1 atom stereocenters. The standard InChI is InChI=1S/C19H19FN4O3S/c1-28(26,27)19(8-9-21-11-19)18(25)22-14-6-7-16-15(10-14)17(24-23-16)12-2-4-13(20)5-3-12/h2-7,10,21H,8-9,11H2,1H3,(H,22,25)(H,23,24)/t19-/m0/s1. The predicted molar refractivity (Wildman–Crippen MR) is 105 cm³/mol. The van der Waals surface area contributed by atoms with Gasteiger partial charge in [0.1, 0.15) is 5.82 Å². The van der Waals surface area contributed by atoms with Crippen LogP contribution in [-0.4, -0.2) is 48.6 Å². The van der Waals surface area contributed by atoms with Crippen molar-refractivity contribution >= 4 is 32.3 Å². The Labute approximate surface area is 161 Å². The Hall–Kier alpha value is -2.78. The number of anilines is 1. The van der Waals surface area contributed by atoms with Crippen LogP contribution in [0.4, 0.5) is 10.1 Å². The highest BCUT2D eigenvalue weighted by Crippen LogP contribution is 2.30. The molecule has 9 heteroatoms. The fraction of sp³-hybridized carbons (Fsp3) is 0.263. The Balaban J connectivity index is 1.69. The van der Waals surface area contributed by atoms with Gasteiger partial charge >= 0.3 is 0 Å². The van der Waals surface area contributed by atoms with E-state index in [-0.39, 0.29) is 18.8 Å². The van der Waals surface area contributed by atoms with Gasteiger partial charge in [-0.15, -0.1) is 0 Å². The minimum absolute atomic E-state index is 0.0897. The number of carbonyl (C=O) groups excluding carboxylic acids is 1. The zero-order valence-corrected chi connectivity index (χ0v) is 15.9. The minimum atomic E-state index is -3.60. The first kappa shape index (κ1) is 18.6. The number of H-pyrrole nitrogens is 1. The maximum atomic E-state index is 13.2. The average molecular weight is 402 g/mol. The number of sulfone groups is 1. The normalized spacial score (nSPS) is 19.8. The Morgan fingerprint density at radius 3 is 2.61 bits per heavy atom. The summed E-state index contributed by atoms with van der Waals surface area (Å²) in [7, 11) is -3.60. The van der Waals surface area contributed by atoms with Crippen LogP contribution in [0, 0.1) is 5.82 Å². The van der Waals surface area contributed by atoms with Gasteiger partial charge in [-0.25, -0.2) is 12.8 Å². The third-order valence-corrected chi connectivity index (χ3v) is 7.13. The number of amides is 1. The second kappa shape index (κ2) is 6.68. The molecule has 0 unspecified atom stereocenters. The summed E-state index contributed by atoms with van der Waals surface area (Å²) in [6, 6.07) is 11.1. The van der Waals surface area contributed by atoms with E-state index in [4.69, 9.17) is 0 Å². The van der Waals surface area contributed by atoms with Gasteiger partial charge in [-0.3, -0.25) is 9.89 Å². The van der Waals surface area contributed by atoms with E-state index in [2.05, 4.69) is 20.8 Å². The number of nitrogens with zero attached hydrogens (tertiary/aromatic N) is 1. The van der Waals surface area contributed by atoms with Crippen molar-refractivity contribution in [2.24, 2.45) is 0 Å². The lowest BCUT2D eigenvalue weighted by Gasteiger charge is -2.24. The number of aromatic nitrogens is 2. The van der Waals surface area contributed by atoms with Crippen molar-refractivity contribution in [2.75, 3.05) is 24.7 Å². The lowest BCUT2D eigenvalue weighted by atomic mass is 10.1. The molecule has 3 N–H and O–H groups in total. The van der Waals surface area contributed by atoms with Crippen molar-refractivity contribution < 1.29 is 17.6 Å². The lowest BCUT2D eigenvalue weighted by molar-refractivity contribution is -0.118. The topological polar surface area (TPSA) is 104 Å². The molecule has 146 valence electrons. The zero-order valence-electron chi connectivity index (χ0n) is 15.1. The summed E-state index contributed by atoms with van der Waals surface area (Å²) in [5.41, 5.74) is 2.56. The second-order valence-electron chi connectivity index (χ2n) is 6.99.